The molecular weight excluding hydrogens is 160 g/mol. The van der Waals surface area contributed by atoms with Crippen LogP contribution in [0.1, 0.15) is 31.4 Å². The van der Waals surface area contributed by atoms with Crippen molar-refractivity contribution < 1.29 is 5.11 Å². The first-order chi connectivity index (χ1) is 6.16. The number of aryl methyl sites for hydroxylation is 1. The first-order valence-electron chi connectivity index (χ1n) is 4.98. The van der Waals surface area contributed by atoms with E-state index in [-0.39, 0.29) is 0 Å². The van der Waals surface area contributed by atoms with E-state index in [0.717, 1.165) is 18.4 Å². The zero-order valence-corrected chi connectivity index (χ0v) is 8.25. The second kappa shape index (κ2) is 2.85. The number of hydrogen-bond acceptors (Lipinski definition) is 1. The zero-order chi connectivity index (χ0) is 9.47. The van der Waals surface area contributed by atoms with E-state index < -0.39 is 5.60 Å². The summed E-state index contributed by atoms with van der Waals surface area (Å²) in [5.41, 5.74) is 1.91. The van der Waals surface area contributed by atoms with Crippen molar-refractivity contribution in [3.63, 3.8) is 0 Å². The lowest BCUT2D eigenvalue weighted by Crippen LogP contribution is -2.07. The molecule has 0 saturated heterocycles. The molecule has 1 fully saturated rings. The van der Waals surface area contributed by atoms with Gasteiger partial charge in [0.25, 0.3) is 0 Å². The van der Waals surface area contributed by atoms with E-state index in [1.807, 2.05) is 0 Å². The first-order valence-corrected chi connectivity index (χ1v) is 4.98. The van der Waals surface area contributed by atoms with Crippen LogP contribution in [0.4, 0.5) is 0 Å². The van der Waals surface area contributed by atoms with Crippen LogP contribution in [0.15, 0.2) is 24.3 Å². The van der Waals surface area contributed by atoms with Crippen LogP contribution in [-0.4, -0.2) is 5.11 Å². The van der Waals surface area contributed by atoms with Crippen LogP contribution in [0, 0.1) is 5.92 Å². The van der Waals surface area contributed by atoms with Gasteiger partial charge in [0, 0.05) is 0 Å². The Labute approximate surface area is 79.4 Å². The average molecular weight is 176 g/mol. The van der Waals surface area contributed by atoms with Gasteiger partial charge in [-0.05, 0) is 29.9 Å². The highest BCUT2D eigenvalue weighted by Gasteiger charge is 2.50. The Hall–Kier alpha value is -0.820. The predicted molar refractivity (Wildman–Crippen MR) is 53.5 cm³/mol. The molecule has 2 unspecified atom stereocenters. The lowest BCUT2D eigenvalue weighted by molar-refractivity contribution is 0.134. The second-order valence-electron chi connectivity index (χ2n) is 4.08. The molecule has 1 aromatic rings. The van der Waals surface area contributed by atoms with Gasteiger partial charge in [0.1, 0.15) is 0 Å². The Morgan fingerprint density at radius 1 is 1.38 bits per heavy atom. The summed E-state index contributed by atoms with van der Waals surface area (Å²) in [5.74, 6) is 0.431. The van der Waals surface area contributed by atoms with Crippen molar-refractivity contribution in [3.05, 3.63) is 35.4 Å². The maximum Gasteiger partial charge on any atom is 0.0926 e. The minimum Gasteiger partial charge on any atom is -0.385 e. The molecule has 0 aliphatic heterocycles. The Bertz CT molecular complexity index is 301. The van der Waals surface area contributed by atoms with E-state index in [9.17, 15) is 5.11 Å². The van der Waals surface area contributed by atoms with Crippen molar-refractivity contribution in [3.8, 4) is 0 Å². The predicted octanol–water partition coefficient (Wildman–Crippen LogP) is 2.48. The standard InChI is InChI=1S/C12H16O/c1-3-10-4-6-11(7-5-10)12(13)8-9(12)2/h4-7,9,13H,3,8H2,1-2H3. The summed E-state index contributed by atoms with van der Waals surface area (Å²) in [6.07, 6.45) is 1.98. The first kappa shape index (κ1) is 8.76. The van der Waals surface area contributed by atoms with Crippen molar-refractivity contribution >= 4 is 0 Å². The number of benzene rings is 1. The molecule has 0 bridgehead atoms. The third-order valence-corrected chi connectivity index (χ3v) is 3.13. The van der Waals surface area contributed by atoms with E-state index in [1.165, 1.54) is 5.56 Å². The van der Waals surface area contributed by atoms with Gasteiger partial charge in [0.05, 0.1) is 5.60 Å². The molecule has 0 amide bonds. The Morgan fingerprint density at radius 3 is 2.31 bits per heavy atom. The highest BCUT2D eigenvalue weighted by molar-refractivity contribution is 5.32. The molecule has 1 N–H and O–H groups in total. The van der Waals surface area contributed by atoms with E-state index in [4.69, 9.17) is 0 Å². The average Bonchev–Trinajstić information content (AvgIpc) is 2.76. The smallest absolute Gasteiger partial charge is 0.0926 e. The summed E-state index contributed by atoms with van der Waals surface area (Å²) < 4.78 is 0. The number of rotatable bonds is 2. The van der Waals surface area contributed by atoms with Crippen LogP contribution in [0.2, 0.25) is 0 Å². The lowest BCUT2D eigenvalue weighted by atomic mass is 10.0. The van der Waals surface area contributed by atoms with Gasteiger partial charge in [-0.15, -0.1) is 0 Å². The third-order valence-electron chi connectivity index (χ3n) is 3.13. The van der Waals surface area contributed by atoms with Crippen molar-refractivity contribution in [1.82, 2.24) is 0 Å². The van der Waals surface area contributed by atoms with Gasteiger partial charge in [-0.3, -0.25) is 0 Å². The van der Waals surface area contributed by atoms with E-state index in [2.05, 4.69) is 38.1 Å². The monoisotopic (exact) mass is 176 g/mol. The third kappa shape index (κ3) is 1.37. The minimum absolute atomic E-state index is 0.431. The minimum atomic E-state index is -0.508. The lowest BCUT2D eigenvalue weighted by Gasteiger charge is -2.09. The molecule has 1 heteroatoms. The number of aliphatic hydroxyl groups is 1. The molecule has 1 nitrogen and oxygen atoms in total. The van der Waals surface area contributed by atoms with Crippen LogP contribution in [-0.2, 0) is 12.0 Å². The summed E-state index contributed by atoms with van der Waals surface area (Å²) in [7, 11) is 0. The fraction of sp³-hybridized carbons (Fsp3) is 0.500. The fourth-order valence-electron chi connectivity index (χ4n) is 1.84. The van der Waals surface area contributed by atoms with Gasteiger partial charge in [0.15, 0.2) is 0 Å². The van der Waals surface area contributed by atoms with Gasteiger partial charge >= 0.3 is 0 Å². The van der Waals surface area contributed by atoms with Crippen molar-refractivity contribution in [2.75, 3.05) is 0 Å². The van der Waals surface area contributed by atoms with Gasteiger partial charge < -0.3 is 5.11 Å². The SMILES string of the molecule is CCc1ccc(C2(O)CC2C)cc1. The molecule has 1 saturated carbocycles. The second-order valence-corrected chi connectivity index (χ2v) is 4.08. The van der Waals surface area contributed by atoms with Gasteiger partial charge in [0.2, 0.25) is 0 Å². The van der Waals surface area contributed by atoms with Gasteiger partial charge in [-0.25, -0.2) is 0 Å². The summed E-state index contributed by atoms with van der Waals surface area (Å²) in [4.78, 5) is 0. The zero-order valence-electron chi connectivity index (χ0n) is 8.25. The molecule has 0 heterocycles. The highest BCUT2D eigenvalue weighted by Crippen LogP contribution is 2.51. The maximum atomic E-state index is 10.0. The van der Waals surface area contributed by atoms with E-state index >= 15 is 0 Å². The quantitative estimate of drug-likeness (QED) is 0.734. The van der Waals surface area contributed by atoms with E-state index in [1.54, 1.807) is 0 Å². The molecule has 1 aliphatic rings. The molecule has 0 radical (unpaired) electrons. The Morgan fingerprint density at radius 2 is 1.92 bits per heavy atom. The molecule has 70 valence electrons. The highest BCUT2D eigenvalue weighted by atomic mass is 16.3. The topological polar surface area (TPSA) is 20.2 Å². The maximum absolute atomic E-state index is 10.0. The van der Waals surface area contributed by atoms with E-state index in [0.29, 0.717) is 5.92 Å². The van der Waals surface area contributed by atoms with Crippen LogP contribution in [0.3, 0.4) is 0 Å². The molecule has 13 heavy (non-hydrogen) atoms. The summed E-state index contributed by atoms with van der Waals surface area (Å²) in [5, 5.41) is 10.0. The molecule has 1 aromatic carbocycles. The van der Waals surface area contributed by atoms with Crippen LogP contribution >= 0.6 is 0 Å². The van der Waals surface area contributed by atoms with Gasteiger partial charge in [-0.1, -0.05) is 38.1 Å². The Kier molecular flexibility index (Phi) is 1.92. The Balaban J connectivity index is 2.24. The van der Waals surface area contributed by atoms with Crippen molar-refractivity contribution in [2.24, 2.45) is 5.92 Å². The van der Waals surface area contributed by atoms with Crippen molar-refractivity contribution in [1.29, 1.82) is 0 Å². The van der Waals surface area contributed by atoms with Crippen molar-refractivity contribution in [2.45, 2.75) is 32.3 Å². The molecule has 1 aliphatic carbocycles. The normalized spacial score (nSPS) is 31.8. The molecule has 0 aromatic heterocycles. The van der Waals surface area contributed by atoms with Crippen LogP contribution in [0.25, 0.3) is 0 Å². The van der Waals surface area contributed by atoms with Gasteiger partial charge in [-0.2, -0.15) is 0 Å². The van der Waals surface area contributed by atoms with Crippen LogP contribution < -0.4 is 0 Å². The summed E-state index contributed by atoms with van der Waals surface area (Å²) in [6.45, 7) is 4.23. The number of hydrogen-bond donors (Lipinski definition) is 1. The molecular formula is C12H16O. The largest absolute Gasteiger partial charge is 0.385 e. The molecule has 2 atom stereocenters. The molecule has 0 spiro atoms. The summed E-state index contributed by atoms with van der Waals surface area (Å²) >= 11 is 0. The summed E-state index contributed by atoms with van der Waals surface area (Å²) in [6, 6.07) is 8.33. The van der Waals surface area contributed by atoms with Crippen LogP contribution in [0.5, 0.6) is 0 Å². The fourth-order valence-corrected chi connectivity index (χ4v) is 1.84. The molecule has 2 rings (SSSR count).